The van der Waals surface area contributed by atoms with Crippen molar-refractivity contribution < 1.29 is 14.3 Å². The van der Waals surface area contributed by atoms with Crippen LogP contribution in [0.5, 0.6) is 0 Å². The number of benzene rings is 1. The predicted molar refractivity (Wildman–Crippen MR) is 108 cm³/mol. The lowest BCUT2D eigenvalue weighted by Gasteiger charge is -2.11. The van der Waals surface area contributed by atoms with Crippen molar-refractivity contribution >= 4 is 23.5 Å². The smallest absolute Gasteiger partial charge is 0.306 e. The summed E-state index contributed by atoms with van der Waals surface area (Å²) in [6, 6.07) is 3.84. The van der Waals surface area contributed by atoms with Gasteiger partial charge in [-0.05, 0) is 75.6 Å². The van der Waals surface area contributed by atoms with Crippen LogP contribution in [0, 0.1) is 34.6 Å². The molecular formula is C21H26N2O3S. The van der Waals surface area contributed by atoms with Gasteiger partial charge in [0, 0.05) is 23.4 Å². The predicted octanol–water partition coefficient (Wildman–Crippen LogP) is 4.10. The van der Waals surface area contributed by atoms with Crippen LogP contribution in [0.4, 0.5) is 0 Å². The summed E-state index contributed by atoms with van der Waals surface area (Å²) in [6.45, 7) is 9.47. The highest BCUT2D eigenvalue weighted by atomic mass is 32.2. The van der Waals surface area contributed by atoms with Gasteiger partial charge in [0.1, 0.15) is 0 Å². The maximum absolute atomic E-state index is 12.4. The number of esters is 1. The van der Waals surface area contributed by atoms with E-state index in [2.05, 4.69) is 9.97 Å². The summed E-state index contributed by atoms with van der Waals surface area (Å²) in [5.74, 6) is -0.568. The molecule has 5 nitrogen and oxygen atoms in total. The highest BCUT2D eigenvalue weighted by molar-refractivity contribution is 7.98. The van der Waals surface area contributed by atoms with Gasteiger partial charge in [-0.15, -0.1) is 0 Å². The minimum atomic E-state index is -0.391. The van der Waals surface area contributed by atoms with E-state index in [1.807, 2.05) is 53.0 Å². The van der Waals surface area contributed by atoms with E-state index >= 15 is 0 Å². The number of carbonyl (C=O) groups is 2. The Kier molecular flexibility index (Phi) is 7.13. The standard InChI is InChI=1S/C21H26N2O3S/c1-12-9-14(3)18(10-13(12)2)19(24)11-26-20(25)8-7-17-15(4)22-21(27-6)23-16(17)5/h9-10H,7-8,11H2,1-6H3. The van der Waals surface area contributed by atoms with E-state index < -0.39 is 5.97 Å². The van der Waals surface area contributed by atoms with Gasteiger partial charge in [0.15, 0.2) is 11.8 Å². The van der Waals surface area contributed by atoms with Crippen LogP contribution in [0.15, 0.2) is 17.3 Å². The molecule has 0 unspecified atom stereocenters. The van der Waals surface area contributed by atoms with E-state index in [-0.39, 0.29) is 18.8 Å². The van der Waals surface area contributed by atoms with Crippen LogP contribution in [0.2, 0.25) is 0 Å². The maximum atomic E-state index is 12.4. The summed E-state index contributed by atoms with van der Waals surface area (Å²) in [7, 11) is 0. The van der Waals surface area contributed by atoms with E-state index in [1.165, 1.54) is 11.8 Å². The summed E-state index contributed by atoms with van der Waals surface area (Å²) in [5.41, 5.74) is 6.41. The molecule has 1 heterocycles. The lowest BCUT2D eigenvalue weighted by atomic mass is 9.98. The van der Waals surface area contributed by atoms with Crippen molar-refractivity contribution in [2.24, 2.45) is 0 Å². The Labute approximate surface area is 165 Å². The normalized spacial score (nSPS) is 10.7. The molecule has 0 aliphatic heterocycles. The summed E-state index contributed by atoms with van der Waals surface area (Å²) in [5, 5.41) is 0.727. The lowest BCUT2D eigenvalue weighted by Crippen LogP contribution is -2.16. The molecule has 0 saturated carbocycles. The van der Waals surface area contributed by atoms with Crippen molar-refractivity contribution in [3.05, 3.63) is 51.3 Å². The third-order valence-electron chi connectivity index (χ3n) is 4.67. The quantitative estimate of drug-likeness (QED) is 0.309. The van der Waals surface area contributed by atoms with Crippen molar-refractivity contribution in [1.29, 1.82) is 0 Å². The second-order valence-corrected chi connectivity index (χ2v) is 7.47. The van der Waals surface area contributed by atoms with Crippen LogP contribution in [-0.2, 0) is 16.0 Å². The van der Waals surface area contributed by atoms with E-state index in [0.29, 0.717) is 12.0 Å². The Bertz CT molecular complexity index is 855. The zero-order valence-corrected chi connectivity index (χ0v) is 17.6. The van der Waals surface area contributed by atoms with Crippen molar-refractivity contribution in [3.63, 3.8) is 0 Å². The van der Waals surface area contributed by atoms with Crippen LogP contribution >= 0.6 is 11.8 Å². The molecule has 0 fully saturated rings. The molecule has 0 amide bonds. The molecule has 1 aromatic heterocycles. The van der Waals surface area contributed by atoms with Gasteiger partial charge in [0.25, 0.3) is 0 Å². The second-order valence-electron chi connectivity index (χ2n) is 6.69. The van der Waals surface area contributed by atoms with Crippen molar-refractivity contribution in [1.82, 2.24) is 9.97 Å². The summed E-state index contributed by atoms with van der Waals surface area (Å²) >= 11 is 1.49. The first-order valence-corrected chi connectivity index (χ1v) is 10.1. The number of nitrogens with zero attached hydrogens (tertiary/aromatic N) is 2. The Morgan fingerprint density at radius 1 is 0.963 bits per heavy atom. The summed E-state index contributed by atoms with van der Waals surface area (Å²) in [6.07, 6.45) is 2.63. The topological polar surface area (TPSA) is 69.2 Å². The number of ketones is 1. The molecule has 27 heavy (non-hydrogen) atoms. The molecule has 6 heteroatoms. The molecule has 0 spiro atoms. The average molecular weight is 387 g/mol. The van der Waals surface area contributed by atoms with E-state index in [4.69, 9.17) is 4.74 Å². The first kappa shape index (κ1) is 21.1. The van der Waals surface area contributed by atoms with Crippen molar-refractivity contribution in [3.8, 4) is 0 Å². The number of ether oxygens (including phenoxy) is 1. The number of carbonyl (C=O) groups excluding carboxylic acids is 2. The van der Waals surface area contributed by atoms with Crippen molar-refractivity contribution in [2.75, 3.05) is 12.9 Å². The molecule has 0 radical (unpaired) electrons. The first-order chi connectivity index (χ1) is 12.7. The number of hydrogen-bond donors (Lipinski definition) is 0. The fraction of sp³-hybridized carbons (Fsp3) is 0.429. The minimum Gasteiger partial charge on any atom is -0.457 e. The molecule has 0 saturated heterocycles. The molecule has 0 aliphatic rings. The molecule has 2 aromatic rings. The van der Waals surface area contributed by atoms with E-state index in [0.717, 1.165) is 38.8 Å². The highest BCUT2D eigenvalue weighted by Gasteiger charge is 2.15. The Balaban J connectivity index is 1.94. The molecule has 0 aliphatic carbocycles. The monoisotopic (exact) mass is 386 g/mol. The van der Waals surface area contributed by atoms with E-state index in [1.54, 1.807) is 0 Å². The zero-order valence-electron chi connectivity index (χ0n) is 16.8. The van der Waals surface area contributed by atoms with Gasteiger partial charge < -0.3 is 4.74 Å². The number of aromatic nitrogens is 2. The van der Waals surface area contributed by atoms with Gasteiger partial charge >= 0.3 is 5.97 Å². The van der Waals surface area contributed by atoms with Gasteiger partial charge in [0.05, 0.1) is 0 Å². The van der Waals surface area contributed by atoms with Gasteiger partial charge in [0.2, 0.25) is 5.78 Å². The zero-order chi connectivity index (χ0) is 20.1. The number of hydrogen-bond acceptors (Lipinski definition) is 6. The van der Waals surface area contributed by atoms with Crippen LogP contribution in [0.25, 0.3) is 0 Å². The lowest BCUT2D eigenvalue weighted by molar-refractivity contribution is -0.142. The Morgan fingerprint density at radius 2 is 1.56 bits per heavy atom. The number of aryl methyl sites for hydroxylation is 5. The maximum Gasteiger partial charge on any atom is 0.306 e. The van der Waals surface area contributed by atoms with Gasteiger partial charge in [-0.25, -0.2) is 9.97 Å². The highest BCUT2D eigenvalue weighted by Crippen LogP contribution is 2.18. The second kappa shape index (κ2) is 9.13. The van der Waals surface area contributed by atoms with Crippen LogP contribution in [0.3, 0.4) is 0 Å². The number of thioether (sulfide) groups is 1. The average Bonchev–Trinajstić information content (AvgIpc) is 2.61. The van der Waals surface area contributed by atoms with Crippen LogP contribution in [0.1, 0.15) is 50.4 Å². The third kappa shape index (κ3) is 5.39. The number of rotatable bonds is 7. The Hall–Kier alpha value is -2.21. The molecule has 0 atom stereocenters. The van der Waals surface area contributed by atoms with Crippen LogP contribution in [-0.4, -0.2) is 34.6 Å². The van der Waals surface area contributed by atoms with Gasteiger partial charge in [-0.2, -0.15) is 0 Å². The van der Waals surface area contributed by atoms with E-state index in [9.17, 15) is 9.59 Å². The summed E-state index contributed by atoms with van der Waals surface area (Å²) < 4.78 is 5.20. The molecule has 0 N–H and O–H groups in total. The molecule has 1 aromatic carbocycles. The third-order valence-corrected chi connectivity index (χ3v) is 5.21. The summed E-state index contributed by atoms with van der Waals surface area (Å²) in [4.78, 5) is 33.3. The van der Waals surface area contributed by atoms with Crippen LogP contribution < -0.4 is 0 Å². The van der Waals surface area contributed by atoms with Gasteiger partial charge in [-0.3, -0.25) is 9.59 Å². The first-order valence-electron chi connectivity index (χ1n) is 8.87. The molecular weight excluding hydrogens is 360 g/mol. The molecule has 2 rings (SSSR count). The Morgan fingerprint density at radius 3 is 2.15 bits per heavy atom. The van der Waals surface area contributed by atoms with Gasteiger partial charge in [-0.1, -0.05) is 17.8 Å². The molecule has 0 bridgehead atoms. The number of Topliss-reactive ketones (excluding diaryl/α,β-unsaturated/α-hetero) is 1. The minimum absolute atomic E-state index is 0.177. The SMILES string of the molecule is CSc1nc(C)c(CCC(=O)OCC(=O)c2cc(C)c(C)cc2C)c(C)n1. The fourth-order valence-corrected chi connectivity index (χ4v) is 3.40. The molecule has 144 valence electrons. The largest absolute Gasteiger partial charge is 0.457 e. The van der Waals surface area contributed by atoms with Crippen molar-refractivity contribution in [2.45, 2.75) is 52.6 Å². The fourth-order valence-electron chi connectivity index (χ4n) is 2.95.